The Labute approximate surface area is 85.2 Å². The zero-order valence-corrected chi connectivity index (χ0v) is 8.80. The molecule has 0 heterocycles. The Hall–Kier alpha value is -1.05. The van der Waals surface area contributed by atoms with E-state index in [1.165, 1.54) is 0 Å². The summed E-state index contributed by atoms with van der Waals surface area (Å²) < 4.78 is 4.86. The Bertz CT molecular complexity index is 218. The molecule has 1 atom stereocenters. The van der Waals surface area contributed by atoms with E-state index in [4.69, 9.17) is 10.5 Å². The third-order valence-corrected chi connectivity index (χ3v) is 1.73. The predicted molar refractivity (Wildman–Crippen MR) is 55.5 cm³/mol. The Morgan fingerprint density at radius 3 is 2.93 bits per heavy atom. The van der Waals surface area contributed by atoms with Crippen LogP contribution in [0.25, 0.3) is 0 Å². The van der Waals surface area contributed by atoms with Crippen molar-refractivity contribution in [1.82, 2.24) is 5.32 Å². The van der Waals surface area contributed by atoms with Gasteiger partial charge in [0, 0.05) is 13.7 Å². The highest BCUT2D eigenvalue weighted by molar-refractivity contribution is 5.81. The van der Waals surface area contributed by atoms with Crippen LogP contribution in [0.5, 0.6) is 0 Å². The molecule has 0 bridgehead atoms. The molecule has 3 N–H and O–H groups in total. The molecule has 0 aromatic heterocycles. The van der Waals surface area contributed by atoms with Crippen molar-refractivity contribution in [3.05, 3.63) is 0 Å². The van der Waals surface area contributed by atoms with Gasteiger partial charge in [-0.2, -0.15) is 0 Å². The number of nitrogens with one attached hydrogen (secondary N) is 1. The fourth-order valence-corrected chi connectivity index (χ4v) is 0.929. The minimum absolute atomic E-state index is 0.149. The van der Waals surface area contributed by atoms with Crippen molar-refractivity contribution in [2.45, 2.75) is 25.8 Å². The average Bonchev–Trinajstić information content (AvgIpc) is 2.18. The standard InChI is InChI=1S/C10H18N2O2/c1-3-4-7-12-10(13)9(11)6-5-8-14-2/h9H,5-8,11H2,1-2H3,(H,12,13). The normalized spacial score (nSPS) is 11.4. The summed E-state index contributed by atoms with van der Waals surface area (Å²) in [7, 11) is 1.63. The molecular weight excluding hydrogens is 180 g/mol. The van der Waals surface area contributed by atoms with Gasteiger partial charge in [0.05, 0.1) is 12.6 Å². The highest BCUT2D eigenvalue weighted by Crippen LogP contribution is 1.94. The van der Waals surface area contributed by atoms with Crippen LogP contribution in [0.3, 0.4) is 0 Å². The van der Waals surface area contributed by atoms with Gasteiger partial charge in [-0.25, -0.2) is 0 Å². The maximum atomic E-state index is 11.3. The number of nitrogens with two attached hydrogens (primary N) is 1. The summed E-state index contributed by atoms with van der Waals surface area (Å²) in [4.78, 5) is 11.3. The molecule has 0 aliphatic rings. The zero-order valence-electron chi connectivity index (χ0n) is 8.80. The van der Waals surface area contributed by atoms with Crippen LogP contribution < -0.4 is 11.1 Å². The Kier molecular flexibility index (Phi) is 7.90. The monoisotopic (exact) mass is 198 g/mol. The summed E-state index contributed by atoms with van der Waals surface area (Å²) in [6.45, 7) is 2.73. The number of ether oxygens (including phenoxy) is 1. The summed E-state index contributed by atoms with van der Waals surface area (Å²) in [5.74, 6) is 5.28. The Morgan fingerprint density at radius 1 is 1.64 bits per heavy atom. The first-order valence-electron chi connectivity index (χ1n) is 4.64. The van der Waals surface area contributed by atoms with E-state index >= 15 is 0 Å². The molecule has 14 heavy (non-hydrogen) atoms. The van der Waals surface area contributed by atoms with Crippen LogP contribution in [0.2, 0.25) is 0 Å². The number of hydrogen-bond donors (Lipinski definition) is 2. The van der Waals surface area contributed by atoms with E-state index in [1.807, 2.05) is 0 Å². The summed E-state index contributed by atoms with van der Waals surface area (Å²) in [5.41, 5.74) is 5.62. The van der Waals surface area contributed by atoms with E-state index in [9.17, 15) is 4.79 Å². The molecule has 0 spiro atoms. The number of methoxy groups -OCH3 is 1. The summed E-state index contributed by atoms with van der Waals surface area (Å²) in [6.07, 6.45) is 1.43. The molecule has 0 aliphatic heterocycles. The molecule has 80 valence electrons. The minimum Gasteiger partial charge on any atom is -0.385 e. The average molecular weight is 198 g/mol. The molecule has 0 aliphatic carbocycles. The molecule has 1 unspecified atom stereocenters. The van der Waals surface area contributed by atoms with E-state index in [2.05, 4.69) is 17.2 Å². The van der Waals surface area contributed by atoms with Crippen LogP contribution in [0.15, 0.2) is 0 Å². The van der Waals surface area contributed by atoms with E-state index in [-0.39, 0.29) is 5.91 Å². The first kappa shape index (κ1) is 12.9. The highest BCUT2D eigenvalue weighted by Gasteiger charge is 2.11. The Morgan fingerprint density at radius 2 is 2.36 bits per heavy atom. The molecule has 0 saturated heterocycles. The first-order chi connectivity index (χ1) is 6.72. The lowest BCUT2D eigenvalue weighted by Crippen LogP contribution is -2.40. The van der Waals surface area contributed by atoms with Gasteiger partial charge in [-0.3, -0.25) is 4.79 Å². The number of amides is 1. The summed E-state index contributed by atoms with van der Waals surface area (Å²) >= 11 is 0. The SMILES string of the molecule is CC#CCNC(=O)C(N)CCCOC. The lowest BCUT2D eigenvalue weighted by Gasteiger charge is -2.09. The van der Waals surface area contributed by atoms with Gasteiger partial charge >= 0.3 is 0 Å². The van der Waals surface area contributed by atoms with Crippen molar-refractivity contribution >= 4 is 5.91 Å². The topological polar surface area (TPSA) is 64.4 Å². The van der Waals surface area contributed by atoms with Crippen LogP contribution in [-0.4, -0.2) is 32.2 Å². The third-order valence-electron chi connectivity index (χ3n) is 1.73. The lowest BCUT2D eigenvalue weighted by atomic mass is 10.1. The van der Waals surface area contributed by atoms with Gasteiger partial charge in [-0.05, 0) is 19.8 Å². The maximum absolute atomic E-state index is 11.3. The second-order valence-corrected chi connectivity index (χ2v) is 2.89. The molecule has 0 aromatic carbocycles. The third kappa shape index (κ3) is 6.46. The van der Waals surface area contributed by atoms with Gasteiger partial charge in [0.15, 0.2) is 0 Å². The van der Waals surface area contributed by atoms with Gasteiger partial charge in [0.1, 0.15) is 0 Å². The fourth-order valence-electron chi connectivity index (χ4n) is 0.929. The number of carbonyl (C=O) groups is 1. The van der Waals surface area contributed by atoms with Crippen LogP contribution in [0.1, 0.15) is 19.8 Å². The van der Waals surface area contributed by atoms with Crippen LogP contribution in [-0.2, 0) is 9.53 Å². The van der Waals surface area contributed by atoms with Crippen LogP contribution in [0.4, 0.5) is 0 Å². The van der Waals surface area contributed by atoms with E-state index in [0.29, 0.717) is 19.6 Å². The molecule has 4 heteroatoms. The second kappa shape index (κ2) is 8.54. The van der Waals surface area contributed by atoms with Gasteiger partial charge in [0.25, 0.3) is 0 Å². The summed E-state index contributed by atoms with van der Waals surface area (Å²) in [5, 5.41) is 2.63. The van der Waals surface area contributed by atoms with Gasteiger partial charge in [-0.15, -0.1) is 5.92 Å². The number of carbonyl (C=O) groups excluding carboxylic acids is 1. The largest absolute Gasteiger partial charge is 0.385 e. The second-order valence-electron chi connectivity index (χ2n) is 2.89. The van der Waals surface area contributed by atoms with Crippen molar-refractivity contribution in [3.8, 4) is 11.8 Å². The predicted octanol–water partition coefficient (Wildman–Crippen LogP) is -0.120. The Balaban J connectivity index is 3.57. The molecular formula is C10H18N2O2. The van der Waals surface area contributed by atoms with Gasteiger partial charge < -0.3 is 15.8 Å². The van der Waals surface area contributed by atoms with E-state index in [1.54, 1.807) is 14.0 Å². The molecule has 4 nitrogen and oxygen atoms in total. The highest BCUT2D eigenvalue weighted by atomic mass is 16.5. The molecule has 0 fully saturated rings. The van der Waals surface area contributed by atoms with Crippen LogP contribution >= 0.6 is 0 Å². The number of rotatable bonds is 6. The van der Waals surface area contributed by atoms with Crippen molar-refractivity contribution in [2.24, 2.45) is 5.73 Å². The first-order valence-corrected chi connectivity index (χ1v) is 4.64. The van der Waals surface area contributed by atoms with Crippen molar-refractivity contribution in [1.29, 1.82) is 0 Å². The molecule has 0 radical (unpaired) electrons. The van der Waals surface area contributed by atoms with Crippen molar-refractivity contribution in [2.75, 3.05) is 20.3 Å². The van der Waals surface area contributed by atoms with E-state index in [0.717, 1.165) is 6.42 Å². The zero-order chi connectivity index (χ0) is 10.8. The van der Waals surface area contributed by atoms with Gasteiger partial charge in [-0.1, -0.05) is 5.92 Å². The maximum Gasteiger partial charge on any atom is 0.237 e. The summed E-state index contributed by atoms with van der Waals surface area (Å²) in [6, 6.07) is -0.455. The van der Waals surface area contributed by atoms with Crippen molar-refractivity contribution < 1.29 is 9.53 Å². The molecule has 0 rings (SSSR count). The van der Waals surface area contributed by atoms with Gasteiger partial charge in [0.2, 0.25) is 5.91 Å². The molecule has 1 amide bonds. The van der Waals surface area contributed by atoms with E-state index < -0.39 is 6.04 Å². The van der Waals surface area contributed by atoms with Crippen molar-refractivity contribution in [3.63, 3.8) is 0 Å². The minimum atomic E-state index is -0.455. The quantitative estimate of drug-likeness (QED) is 0.462. The lowest BCUT2D eigenvalue weighted by molar-refractivity contribution is -0.122. The smallest absolute Gasteiger partial charge is 0.237 e. The fraction of sp³-hybridized carbons (Fsp3) is 0.700. The number of hydrogen-bond acceptors (Lipinski definition) is 3. The van der Waals surface area contributed by atoms with Crippen LogP contribution in [0, 0.1) is 11.8 Å². The molecule has 0 saturated carbocycles. The molecule has 0 aromatic rings.